The van der Waals surface area contributed by atoms with Crippen molar-refractivity contribution in [3.63, 3.8) is 0 Å². The van der Waals surface area contributed by atoms with E-state index in [2.05, 4.69) is 18.0 Å². The summed E-state index contributed by atoms with van der Waals surface area (Å²) in [5.41, 5.74) is 1.51. The number of nitrogens with zero attached hydrogens (tertiary/aromatic N) is 1. The third-order valence-electron chi connectivity index (χ3n) is 3.06. The lowest BCUT2D eigenvalue weighted by Crippen LogP contribution is -2.36. The van der Waals surface area contributed by atoms with Crippen molar-refractivity contribution in [3.05, 3.63) is 11.6 Å². The van der Waals surface area contributed by atoms with Gasteiger partial charge in [0.05, 0.1) is 6.10 Å². The Labute approximate surface area is 73.9 Å². The van der Waals surface area contributed by atoms with Crippen LogP contribution in [0.3, 0.4) is 0 Å². The van der Waals surface area contributed by atoms with Gasteiger partial charge in [0.25, 0.3) is 0 Å². The predicted octanol–water partition coefficient (Wildman–Crippen LogP) is 1.02. The molecule has 1 saturated heterocycles. The highest BCUT2D eigenvalue weighted by molar-refractivity contribution is 5.15. The van der Waals surface area contributed by atoms with Crippen molar-refractivity contribution in [2.75, 3.05) is 20.1 Å². The van der Waals surface area contributed by atoms with Gasteiger partial charge in [-0.05, 0) is 32.2 Å². The van der Waals surface area contributed by atoms with E-state index < -0.39 is 0 Å². The number of fused-ring (bicyclic) bond motifs is 1. The predicted molar refractivity (Wildman–Crippen MR) is 48.9 cm³/mol. The average molecular weight is 167 g/mol. The second kappa shape index (κ2) is 3.19. The first kappa shape index (κ1) is 8.27. The largest absolute Gasteiger partial charge is 0.389 e. The number of piperidine rings is 1. The number of likely N-dealkylation sites (tertiary alicyclic amines) is 1. The summed E-state index contributed by atoms with van der Waals surface area (Å²) in [6, 6.07) is 0. The van der Waals surface area contributed by atoms with E-state index in [1.165, 1.54) is 18.5 Å². The molecule has 68 valence electrons. The van der Waals surface area contributed by atoms with Crippen LogP contribution in [0.2, 0.25) is 0 Å². The molecule has 0 aromatic rings. The van der Waals surface area contributed by atoms with Crippen molar-refractivity contribution in [2.24, 2.45) is 5.92 Å². The van der Waals surface area contributed by atoms with Crippen LogP contribution in [0.1, 0.15) is 19.3 Å². The molecule has 2 atom stereocenters. The van der Waals surface area contributed by atoms with Crippen LogP contribution in [0.15, 0.2) is 11.6 Å². The number of rotatable bonds is 0. The van der Waals surface area contributed by atoms with E-state index in [1.54, 1.807) is 0 Å². The Morgan fingerprint density at radius 2 is 2.33 bits per heavy atom. The zero-order valence-corrected chi connectivity index (χ0v) is 7.66. The van der Waals surface area contributed by atoms with Gasteiger partial charge < -0.3 is 10.0 Å². The summed E-state index contributed by atoms with van der Waals surface area (Å²) >= 11 is 0. The summed E-state index contributed by atoms with van der Waals surface area (Å²) < 4.78 is 0. The Hall–Kier alpha value is -0.340. The molecule has 0 amide bonds. The Kier molecular flexibility index (Phi) is 2.20. The van der Waals surface area contributed by atoms with Crippen LogP contribution in [0.4, 0.5) is 0 Å². The maximum absolute atomic E-state index is 9.42. The molecule has 2 heteroatoms. The third kappa shape index (κ3) is 1.54. The topological polar surface area (TPSA) is 23.5 Å². The van der Waals surface area contributed by atoms with Gasteiger partial charge in [-0.2, -0.15) is 0 Å². The minimum Gasteiger partial charge on any atom is -0.389 e. The first-order valence-electron chi connectivity index (χ1n) is 4.83. The van der Waals surface area contributed by atoms with E-state index in [-0.39, 0.29) is 6.10 Å². The summed E-state index contributed by atoms with van der Waals surface area (Å²) in [6.07, 6.45) is 5.23. The highest BCUT2D eigenvalue weighted by Crippen LogP contribution is 2.30. The molecule has 0 radical (unpaired) electrons. The molecule has 2 unspecified atom stereocenters. The minimum absolute atomic E-state index is 0.153. The molecule has 1 heterocycles. The quantitative estimate of drug-likeness (QED) is 0.544. The van der Waals surface area contributed by atoms with Crippen LogP contribution in [-0.2, 0) is 0 Å². The van der Waals surface area contributed by atoms with Gasteiger partial charge >= 0.3 is 0 Å². The summed E-state index contributed by atoms with van der Waals surface area (Å²) in [5, 5.41) is 9.42. The molecule has 12 heavy (non-hydrogen) atoms. The Morgan fingerprint density at radius 1 is 1.50 bits per heavy atom. The second-order valence-electron chi connectivity index (χ2n) is 4.10. The maximum Gasteiger partial charge on any atom is 0.0723 e. The van der Waals surface area contributed by atoms with E-state index in [1.807, 2.05) is 0 Å². The molecule has 0 aromatic carbocycles. The van der Waals surface area contributed by atoms with Crippen molar-refractivity contribution < 1.29 is 5.11 Å². The first-order chi connectivity index (χ1) is 5.75. The molecule has 0 saturated carbocycles. The van der Waals surface area contributed by atoms with Crippen molar-refractivity contribution in [2.45, 2.75) is 25.4 Å². The van der Waals surface area contributed by atoms with Crippen molar-refractivity contribution in [1.82, 2.24) is 4.90 Å². The SMILES string of the molecule is CN1CCC2=CC(O)CCC2C1. The van der Waals surface area contributed by atoms with Crippen molar-refractivity contribution >= 4 is 0 Å². The zero-order chi connectivity index (χ0) is 8.55. The van der Waals surface area contributed by atoms with Gasteiger partial charge in [-0.15, -0.1) is 0 Å². The fraction of sp³-hybridized carbons (Fsp3) is 0.800. The van der Waals surface area contributed by atoms with E-state index in [0.29, 0.717) is 0 Å². The summed E-state index contributed by atoms with van der Waals surface area (Å²) in [4.78, 5) is 2.39. The van der Waals surface area contributed by atoms with Crippen LogP contribution in [0.25, 0.3) is 0 Å². The van der Waals surface area contributed by atoms with Crippen LogP contribution in [-0.4, -0.2) is 36.2 Å². The van der Waals surface area contributed by atoms with Crippen LogP contribution < -0.4 is 0 Å². The van der Waals surface area contributed by atoms with Gasteiger partial charge in [-0.3, -0.25) is 0 Å². The molecule has 1 aliphatic heterocycles. The molecule has 2 rings (SSSR count). The van der Waals surface area contributed by atoms with E-state index in [4.69, 9.17) is 0 Å². The van der Waals surface area contributed by atoms with Crippen molar-refractivity contribution in [1.29, 1.82) is 0 Å². The minimum atomic E-state index is -0.153. The van der Waals surface area contributed by atoms with E-state index in [0.717, 1.165) is 25.3 Å². The highest BCUT2D eigenvalue weighted by atomic mass is 16.3. The number of hydrogen-bond acceptors (Lipinski definition) is 2. The van der Waals surface area contributed by atoms with Gasteiger partial charge in [-0.1, -0.05) is 11.6 Å². The molecule has 0 aromatic heterocycles. The number of aliphatic hydroxyl groups excluding tert-OH is 1. The molecule has 2 aliphatic rings. The van der Waals surface area contributed by atoms with Crippen LogP contribution in [0, 0.1) is 5.92 Å². The van der Waals surface area contributed by atoms with Gasteiger partial charge in [0.2, 0.25) is 0 Å². The Balaban J connectivity index is 2.08. The molecule has 0 spiro atoms. The molecule has 1 aliphatic carbocycles. The van der Waals surface area contributed by atoms with Crippen LogP contribution >= 0.6 is 0 Å². The summed E-state index contributed by atoms with van der Waals surface area (Å²) in [6.45, 7) is 2.35. The fourth-order valence-electron chi connectivity index (χ4n) is 2.31. The maximum atomic E-state index is 9.42. The second-order valence-corrected chi connectivity index (χ2v) is 4.10. The lowest BCUT2D eigenvalue weighted by molar-refractivity contribution is 0.166. The first-order valence-corrected chi connectivity index (χ1v) is 4.83. The normalized spacial score (nSPS) is 37.3. The van der Waals surface area contributed by atoms with Crippen molar-refractivity contribution in [3.8, 4) is 0 Å². The van der Waals surface area contributed by atoms with Gasteiger partial charge in [0.15, 0.2) is 0 Å². The third-order valence-corrected chi connectivity index (χ3v) is 3.06. The summed E-state index contributed by atoms with van der Waals surface area (Å²) in [5.74, 6) is 0.743. The van der Waals surface area contributed by atoms with E-state index >= 15 is 0 Å². The Morgan fingerprint density at radius 3 is 3.17 bits per heavy atom. The Bertz CT molecular complexity index is 200. The number of aliphatic hydroxyl groups is 1. The lowest BCUT2D eigenvalue weighted by Gasteiger charge is -2.35. The molecule has 2 nitrogen and oxygen atoms in total. The molecule has 1 fully saturated rings. The van der Waals surface area contributed by atoms with Gasteiger partial charge in [0.1, 0.15) is 0 Å². The van der Waals surface area contributed by atoms with Gasteiger partial charge in [0, 0.05) is 13.1 Å². The van der Waals surface area contributed by atoms with Gasteiger partial charge in [-0.25, -0.2) is 0 Å². The monoisotopic (exact) mass is 167 g/mol. The highest BCUT2D eigenvalue weighted by Gasteiger charge is 2.26. The standard InChI is InChI=1S/C10H17NO/c1-11-5-4-8-6-10(12)3-2-9(8)7-11/h6,9-10,12H,2-5,7H2,1H3. The van der Waals surface area contributed by atoms with Crippen LogP contribution in [0.5, 0.6) is 0 Å². The molecule has 1 N–H and O–H groups in total. The molecule has 0 bridgehead atoms. The zero-order valence-electron chi connectivity index (χ0n) is 7.66. The lowest BCUT2D eigenvalue weighted by atomic mass is 9.82. The average Bonchev–Trinajstić information content (AvgIpc) is 2.05. The number of hydrogen-bond donors (Lipinski definition) is 1. The molecular formula is C10H17NO. The summed E-state index contributed by atoms with van der Waals surface area (Å²) in [7, 11) is 2.18. The fourth-order valence-corrected chi connectivity index (χ4v) is 2.31. The molecular weight excluding hydrogens is 150 g/mol. The smallest absolute Gasteiger partial charge is 0.0723 e. The van der Waals surface area contributed by atoms with E-state index in [9.17, 15) is 5.11 Å².